The van der Waals surface area contributed by atoms with E-state index in [0.717, 1.165) is 0 Å². The third-order valence-corrected chi connectivity index (χ3v) is 3.04. The Labute approximate surface area is 137 Å². The molecular weight excluding hydrogens is 315 g/mol. The van der Waals surface area contributed by atoms with E-state index < -0.39 is 23.5 Å². The van der Waals surface area contributed by atoms with E-state index in [0.29, 0.717) is 5.69 Å². The van der Waals surface area contributed by atoms with Crippen molar-refractivity contribution < 1.29 is 23.3 Å². The zero-order valence-corrected chi connectivity index (χ0v) is 12.7. The summed E-state index contributed by atoms with van der Waals surface area (Å²) in [5.41, 5.74) is 5.87. The highest BCUT2D eigenvalue weighted by atomic mass is 19.1. The summed E-state index contributed by atoms with van der Waals surface area (Å²) in [6.45, 7) is -0.294. The maximum atomic E-state index is 12.8. The molecule has 0 radical (unpaired) electrons. The Hall–Kier alpha value is -3.29. The molecule has 0 spiro atoms. The zero-order valence-electron chi connectivity index (χ0n) is 12.7. The third kappa shape index (κ3) is 5.16. The average molecular weight is 331 g/mol. The summed E-state index contributed by atoms with van der Waals surface area (Å²) in [5.74, 6) is -1.85. The van der Waals surface area contributed by atoms with Crippen LogP contribution in [0.4, 0.5) is 10.1 Å². The number of aromatic nitrogens is 1. The quantitative estimate of drug-likeness (QED) is 0.647. The van der Waals surface area contributed by atoms with Gasteiger partial charge in [0.05, 0.1) is 6.54 Å². The van der Waals surface area contributed by atoms with Crippen molar-refractivity contribution in [3.05, 3.63) is 60.2 Å². The van der Waals surface area contributed by atoms with Gasteiger partial charge in [0.25, 0.3) is 11.8 Å². The minimum absolute atomic E-state index is 0.0645. The van der Waals surface area contributed by atoms with Crippen molar-refractivity contribution in [2.24, 2.45) is 5.73 Å². The van der Waals surface area contributed by atoms with Crippen LogP contribution in [0.1, 0.15) is 10.4 Å². The standard InChI is InChI=1S/C16H15FN4O3/c17-12-3-5-13(6-4-12)20-14(22)8-19-15(23)10-21-7-1-2-11(9-21)16(18)24/h1-7,9H,8,10H2,(H3-,18,19,20,22,23,24)/p+1. The van der Waals surface area contributed by atoms with Gasteiger partial charge in [0.15, 0.2) is 12.4 Å². The first-order chi connectivity index (χ1) is 11.4. The predicted octanol–water partition coefficient (Wildman–Crippen LogP) is -0.0330. The minimum Gasteiger partial charge on any atom is -0.365 e. The van der Waals surface area contributed by atoms with Crippen LogP contribution in [0, 0.1) is 5.82 Å². The number of nitrogens with one attached hydrogen (secondary N) is 2. The normalized spacial score (nSPS) is 10.0. The van der Waals surface area contributed by atoms with Crippen LogP contribution >= 0.6 is 0 Å². The molecule has 0 saturated carbocycles. The fraction of sp³-hybridized carbons (Fsp3) is 0.125. The molecular formula is C16H16FN4O3+. The number of nitrogens with two attached hydrogens (primary N) is 1. The molecule has 124 valence electrons. The molecule has 2 aromatic rings. The Morgan fingerprint density at radius 2 is 1.79 bits per heavy atom. The molecule has 24 heavy (non-hydrogen) atoms. The number of anilines is 1. The van der Waals surface area contributed by atoms with Gasteiger partial charge < -0.3 is 16.4 Å². The van der Waals surface area contributed by atoms with Gasteiger partial charge in [-0.2, -0.15) is 4.57 Å². The fourth-order valence-electron chi connectivity index (χ4n) is 1.91. The van der Waals surface area contributed by atoms with Crippen LogP contribution in [0.15, 0.2) is 48.8 Å². The van der Waals surface area contributed by atoms with Crippen LogP contribution in [0.2, 0.25) is 0 Å². The lowest BCUT2D eigenvalue weighted by atomic mass is 10.3. The molecule has 0 saturated heterocycles. The molecule has 4 N–H and O–H groups in total. The lowest BCUT2D eigenvalue weighted by Gasteiger charge is -2.06. The molecule has 2 rings (SSSR count). The molecule has 7 nitrogen and oxygen atoms in total. The summed E-state index contributed by atoms with van der Waals surface area (Å²) in [4.78, 5) is 34.6. The van der Waals surface area contributed by atoms with Crippen LogP contribution in [0.25, 0.3) is 0 Å². The number of pyridine rings is 1. The molecule has 0 aliphatic rings. The van der Waals surface area contributed by atoms with Crippen LogP contribution in [-0.4, -0.2) is 24.3 Å². The number of hydrogen-bond acceptors (Lipinski definition) is 3. The van der Waals surface area contributed by atoms with Gasteiger partial charge in [0.1, 0.15) is 11.4 Å². The van der Waals surface area contributed by atoms with Crippen molar-refractivity contribution in [2.75, 3.05) is 11.9 Å². The lowest BCUT2D eigenvalue weighted by molar-refractivity contribution is -0.684. The fourth-order valence-corrected chi connectivity index (χ4v) is 1.91. The van der Waals surface area contributed by atoms with Gasteiger partial charge in [-0.25, -0.2) is 4.39 Å². The van der Waals surface area contributed by atoms with E-state index in [2.05, 4.69) is 10.6 Å². The molecule has 0 aliphatic carbocycles. The number of benzene rings is 1. The SMILES string of the molecule is NC(=O)c1ccc[n+](CC(=O)NCC(=O)Nc2ccc(F)cc2)c1. The molecule has 0 atom stereocenters. The van der Waals surface area contributed by atoms with Crippen molar-refractivity contribution in [3.63, 3.8) is 0 Å². The van der Waals surface area contributed by atoms with Crippen molar-refractivity contribution in [1.82, 2.24) is 5.32 Å². The smallest absolute Gasteiger partial charge is 0.286 e. The van der Waals surface area contributed by atoms with Crippen LogP contribution in [-0.2, 0) is 16.1 Å². The largest absolute Gasteiger partial charge is 0.365 e. The maximum absolute atomic E-state index is 12.8. The van der Waals surface area contributed by atoms with Gasteiger partial charge in [0.2, 0.25) is 12.5 Å². The third-order valence-electron chi connectivity index (χ3n) is 3.04. The summed E-state index contributed by atoms with van der Waals surface area (Å²) in [6, 6.07) is 8.40. The number of primary amides is 1. The Morgan fingerprint density at radius 3 is 2.46 bits per heavy atom. The summed E-state index contributed by atoms with van der Waals surface area (Å²) in [7, 11) is 0. The topological polar surface area (TPSA) is 105 Å². The van der Waals surface area contributed by atoms with E-state index in [-0.39, 0.29) is 18.7 Å². The van der Waals surface area contributed by atoms with Crippen molar-refractivity contribution in [1.29, 1.82) is 0 Å². The average Bonchev–Trinajstić information content (AvgIpc) is 2.55. The summed E-state index contributed by atoms with van der Waals surface area (Å²) in [5, 5.41) is 4.97. The van der Waals surface area contributed by atoms with E-state index >= 15 is 0 Å². The first-order valence-corrected chi connectivity index (χ1v) is 7.05. The number of nitrogens with zero attached hydrogens (tertiary/aromatic N) is 1. The van der Waals surface area contributed by atoms with E-state index in [1.54, 1.807) is 12.3 Å². The number of halogens is 1. The molecule has 0 aliphatic heterocycles. The van der Waals surface area contributed by atoms with Gasteiger partial charge >= 0.3 is 0 Å². The number of hydrogen-bond donors (Lipinski definition) is 3. The molecule has 1 aromatic carbocycles. The molecule has 1 heterocycles. The zero-order chi connectivity index (χ0) is 17.5. The summed E-state index contributed by atoms with van der Waals surface area (Å²) in [6.07, 6.45) is 3.05. The molecule has 1 aromatic heterocycles. The highest BCUT2D eigenvalue weighted by Gasteiger charge is 2.13. The number of carbonyl (C=O) groups excluding carboxylic acids is 3. The molecule has 0 unspecified atom stereocenters. The second-order valence-corrected chi connectivity index (χ2v) is 4.96. The monoisotopic (exact) mass is 331 g/mol. The molecule has 0 fully saturated rings. The lowest BCUT2D eigenvalue weighted by Crippen LogP contribution is -2.44. The molecule has 0 bridgehead atoms. The Balaban J connectivity index is 1.82. The van der Waals surface area contributed by atoms with Crippen molar-refractivity contribution in [3.8, 4) is 0 Å². The van der Waals surface area contributed by atoms with Crippen molar-refractivity contribution >= 4 is 23.4 Å². The van der Waals surface area contributed by atoms with E-state index in [4.69, 9.17) is 5.73 Å². The molecule has 3 amide bonds. The van der Waals surface area contributed by atoms with Gasteiger partial charge in [0, 0.05) is 11.8 Å². The van der Waals surface area contributed by atoms with Gasteiger partial charge in [-0.1, -0.05) is 0 Å². The van der Waals surface area contributed by atoms with E-state index in [1.807, 2.05) is 0 Å². The number of carbonyl (C=O) groups is 3. The first kappa shape index (κ1) is 17.1. The Kier molecular flexibility index (Phi) is 5.56. The van der Waals surface area contributed by atoms with Gasteiger partial charge in [-0.15, -0.1) is 0 Å². The second-order valence-electron chi connectivity index (χ2n) is 4.96. The van der Waals surface area contributed by atoms with E-state index in [9.17, 15) is 18.8 Å². The second kappa shape index (κ2) is 7.82. The van der Waals surface area contributed by atoms with Gasteiger partial charge in [-0.3, -0.25) is 14.4 Å². The first-order valence-electron chi connectivity index (χ1n) is 7.05. The Bertz CT molecular complexity index is 762. The van der Waals surface area contributed by atoms with Crippen LogP contribution < -0.4 is 20.9 Å². The maximum Gasteiger partial charge on any atom is 0.286 e. The van der Waals surface area contributed by atoms with Crippen LogP contribution in [0.5, 0.6) is 0 Å². The predicted molar refractivity (Wildman–Crippen MR) is 83.2 cm³/mol. The Morgan fingerprint density at radius 1 is 1.08 bits per heavy atom. The minimum atomic E-state index is -0.594. The van der Waals surface area contributed by atoms with Crippen LogP contribution in [0.3, 0.4) is 0 Å². The highest BCUT2D eigenvalue weighted by Crippen LogP contribution is 2.07. The summed E-state index contributed by atoms with van der Waals surface area (Å²) < 4.78 is 14.2. The molecule has 8 heteroatoms. The highest BCUT2D eigenvalue weighted by molar-refractivity contribution is 5.94. The van der Waals surface area contributed by atoms with E-state index in [1.165, 1.54) is 41.1 Å². The van der Waals surface area contributed by atoms with Crippen molar-refractivity contribution in [2.45, 2.75) is 6.54 Å². The number of rotatable bonds is 6. The summed E-state index contributed by atoms with van der Waals surface area (Å²) >= 11 is 0. The number of amides is 3. The van der Waals surface area contributed by atoms with Gasteiger partial charge in [-0.05, 0) is 30.3 Å².